The number of nitrogens with one attached hydrogen (secondary N) is 1. The third-order valence-electron chi connectivity index (χ3n) is 5.19. The van der Waals surface area contributed by atoms with Crippen molar-refractivity contribution in [1.82, 2.24) is 19.5 Å². The molecule has 15 nitrogen and oxygen atoms in total. The molecule has 37 heavy (non-hydrogen) atoms. The van der Waals surface area contributed by atoms with Crippen molar-refractivity contribution in [2.24, 2.45) is 0 Å². The van der Waals surface area contributed by atoms with Crippen LogP contribution in [0.4, 0.5) is 11.8 Å². The van der Waals surface area contributed by atoms with E-state index in [2.05, 4.69) is 20.3 Å². The highest BCUT2D eigenvalue weighted by molar-refractivity contribution is 7.70. The zero-order valence-electron chi connectivity index (χ0n) is 20.3. The number of methoxy groups -OCH3 is 1. The van der Waals surface area contributed by atoms with Crippen LogP contribution < -0.4 is 10.2 Å². The third kappa shape index (κ3) is 7.77. The maximum atomic E-state index is 11.9. The zero-order chi connectivity index (χ0) is 27.4. The van der Waals surface area contributed by atoms with E-state index in [-0.39, 0.29) is 5.65 Å². The van der Waals surface area contributed by atoms with Crippen LogP contribution in [0.2, 0.25) is 0 Å². The molecule has 0 aliphatic rings. The Morgan fingerprint density at radius 2 is 1.78 bits per heavy atom. The summed E-state index contributed by atoms with van der Waals surface area (Å²) < 4.78 is 34.0. The third-order valence-corrected chi connectivity index (χ3v) is 8.65. The van der Waals surface area contributed by atoms with Gasteiger partial charge in [0, 0.05) is 27.7 Å². The van der Waals surface area contributed by atoms with E-state index in [0.717, 1.165) is 5.56 Å². The quantitative estimate of drug-likeness (QED) is 0.159. The van der Waals surface area contributed by atoms with Gasteiger partial charge in [-0.3, -0.25) is 13.7 Å². The number of imidazole rings is 1. The molecule has 0 spiro atoms. The first kappa shape index (κ1) is 29.1. The molecule has 0 saturated carbocycles. The second kappa shape index (κ2) is 11.9. The molecule has 204 valence electrons. The predicted octanol–water partition coefficient (Wildman–Crippen LogP) is 0.708. The van der Waals surface area contributed by atoms with Gasteiger partial charge in [0.2, 0.25) is 5.95 Å². The molecule has 3 aromatic rings. The van der Waals surface area contributed by atoms with Gasteiger partial charge in [-0.2, -0.15) is 9.97 Å². The highest BCUT2D eigenvalue weighted by Gasteiger charge is 2.35. The lowest BCUT2D eigenvalue weighted by Gasteiger charge is -2.27. The molecule has 0 aliphatic carbocycles. The van der Waals surface area contributed by atoms with Crippen molar-refractivity contribution < 1.29 is 43.3 Å². The van der Waals surface area contributed by atoms with Crippen LogP contribution in [-0.4, -0.2) is 90.3 Å². The molecule has 0 radical (unpaired) electrons. The van der Waals surface area contributed by atoms with Gasteiger partial charge in [0.15, 0.2) is 29.1 Å². The van der Waals surface area contributed by atoms with Gasteiger partial charge >= 0.3 is 15.2 Å². The highest BCUT2D eigenvalue weighted by atomic mass is 31.2. The molecular weight excluding hydrogens is 530 g/mol. The molecule has 1 aromatic carbocycles. The molecule has 0 aliphatic heterocycles. The van der Waals surface area contributed by atoms with E-state index in [1.54, 1.807) is 19.0 Å². The fourth-order valence-corrected chi connectivity index (χ4v) is 5.90. The molecule has 17 heteroatoms. The van der Waals surface area contributed by atoms with Crippen molar-refractivity contribution in [3.8, 4) is 0 Å². The van der Waals surface area contributed by atoms with E-state index < -0.39 is 46.1 Å². The first-order valence-corrected chi connectivity index (χ1v) is 14.5. The summed E-state index contributed by atoms with van der Waals surface area (Å²) in [4.78, 5) is 42.4. The number of hydrogen-bond acceptors (Lipinski definition) is 11. The van der Waals surface area contributed by atoms with Crippen molar-refractivity contribution in [2.45, 2.75) is 25.0 Å². The summed E-state index contributed by atoms with van der Waals surface area (Å²) in [5.74, 6) is -0.704. The lowest BCUT2D eigenvalue weighted by molar-refractivity contribution is -0.113. The number of anilines is 2. The van der Waals surface area contributed by atoms with E-state index in [1.807, 2.05) is 30.3 Å². The topological polar surface area (TPSA) is 213 Å². The van der Waals surface area contributed by atoms with Crippen LogP contribution in [0.25, 0.3) is 11.2 Å². The summed E-state index contributed by atoms with van der Waals surface area (Å²) in [5, 5.41) is 24.9. The maximum absolute atomic E-state index is 11.9. The fraction of sp³-hybridized carbons (Fsp3) is 0.450. The summed E-state index contributed by atoms with van der Waals surface area (Å²) in [6, 6.07) is 9.59. The first-order chi connectivity index (χ1) is 17.3. The smallest absolute Gasteiger partial charge is 0.340 e. The van der Waals surface area contributed by atoms with E-state index >= 15 is 0 Å². The predicted molar refractivity (Wildman–Crippen MR) is 134 cm³/mol. The van der Waals surface area contributed by atoms with Crippen molar-refractivity contribution >= 4 is 38.1 Å². The van der Waals surface area contributed by atoms with Crippen LogP contribution in [-0.2, 0) is 24.9 Å². The molecular formula is C20H30N6O9P2. The molecule has 0 fully saturated rings. The Balaban J connectivity index is 1.85. The lowest BCUT2D eigenvalue weighted by Crippen LogP contribution is -2.39. The number of nitrogens with zero attached hydrogens (tertiary/aromatic N) is 5. The molecule has 6 N–H and O–H groups in total. The number of benzene rings is 1. The lowest BCUT2D eigenvalue weighted by atomic mass is 10.2. The minimum atomic E-state index is -4.84. The van der Waals surface area contributed by atoms with Crippen molar-refractivity contribution in [3.05, 3.63) is 42.2 Å². The summed E-state index contributed by atoms with van der Waals surface area (Å²) in [5.41, 5.74) is 1.50. The van der Waals surface area contributed by atoms with Crippen molar-refractivity contribution in [2.75, 3.05) is 43.9 Å². The van der Waals surface area contributed by atoms with Crippen LogP contribution in [0.5, 0.6) is 0 Å². The summed E-state index contributed by atoms with van der Waals surface area (Å²) in [6.07, 6.45) is -3.50. The summed E-state index contributed by atoms with van der Waals surface area (Å²) in [6.45, 7) is -0.298. The van der Waals surface area contributed by atoms with Gasteiger partial charge in [0.1, 0.15) is 12.2 Å². The van der Waals surface area contributed by atoms with E-state index in [9.17, 15) is 24.2 Å². The Labute approximate surface area is 212 Å². The molecule has 0 amide bonds. The van der Waals surface area contributed by atoms with Gasteiger partial charge in [-0.1, -0.05) is 30.3 Å². The normalized spacial score (nSPS) is 16.2. The first-order valence-electron chi connectivity index (χ1n) is 10.9. The number of hydrogen-bond donors (Lipinski definition) is 6. The van der Waals surface area contributed by atoms with Crippen LogP contribution in [0.3, 0.4) is 0 Å². The average Bonchev–Trinajstić information content (AvgIpc) is 3.25. The summed E-state index contributed by atoms with van der Waals surface area (Å²) in [7, 11) is -4.90. The number of aromatic nitrogens is 4. The second-order valence-electron chi connectivity index (χ2n) is 8.35. The molecule has 0 bridgehead atoms. The Bertz CT molecular complexity index is 1290. The molecule has 1 unspecified atom stereocenters. The Morgan fingerprint density at radius 3 is 2.38 bits per heavy atom. The highest BCUT2D eigenvalue weighted by Crippen LogP contribution is 2.55. The van der Waals surface area contributed by atoms with Gasteiger partial charge in [0.05, 0.1) is 12.9 Å². The Morgan fingerprint density at radius 1 is 1.11 bits per heavy atom. The molecule has 3 rings (SSSR count). The molecule has 2 heterocycles. The van der Waals surface area contributed by atoms with Gasteiger partial charge in [-0.05, 0) is 5.56 Å². The number of aliphatic hydroxyl groups excluding tert-OH is 2. The van der Waals surface area contributed by atoms with Crippen molar-refractivity contribution in [1.29, 1.82) is 0 Å². The Kier molecular flexibility index (Phi) is 9.40. The zero-order valence-corrected chi connectivity index (χ0v) is 22.1. The molecule has 2 aromatic heterocycles. The number of fused-ring (bicyclic) bond motifs is 1. The van der Waals surface area contributed by atoms with Crippen LogP contribution >= 0.6 is 15.2 Å². The van der Waals surface area contributed by atoms with Gasteiger partial charge < -0.3 is 44.4 Å². The molecule has 4 atom stereocenters. The maximum Gasteiger partial charge on any atom is 0.340 e. The van der Waals surface area contributed by atoms with Crippen LogP contribution in [0, 0.1) is 0 Å². The minimum absolute atomic E-state index is 0.186. The number of ether oxygens (including phenoxy) is 1. The van der Waals surface area contributed by atoms with Gasteiger partial charge in [0.25, 0.3) is 0 Å². The Hall–Kier alpha value is -2.45. The van der Waals surface area contributed by atoms with Crippen molar-refractivity contribution in [3.63, 3.8) is 0 Å². The standard InChI is InChI=1S/C20H30N6O9P2/c1-25(2)20-23-17(21-9-13-7-5-4-6-8-13)15-18(24-20)26(11-22-15)19(28)16(27)14(34-3)10-35-37(32,33)12-36(29,30)31/h4-8,11,14,16,19,27-28H,9-10,12H2,1-3H3,(H,32,33)(H,21,23,24)(H2,29,30,31)/t14-,16-,19-/m1/s1. The van der Waals surface area contributed by atoms with Crippen LogP contribution in [0.1, 0.15) is 11.8 Å². The average molecular weight is 560 g/mol. The monoisotopic (exact) mass is 560 g/mol. The van der Waals surface area contributed by atoms with E-state index in [4.69, 9.17) is 19.0 Å². The van der Waals surface area contributed by atoms with E-state index in [1.165, 1.54) is 18.0 Å². The second-order valence-corrected chi connectivity index (χ2v) is 12.3. The number of aliphatic hydroxyl groups is 2. The van der Waals surface area contributed by atoms with E-state index in [0.29, 0.717) is 23.8 Å². The van der Waals surface area contributed by atoms with Gasteiger partial charge in [-0.15, -0.1) is 0 Å². The largest absolute Gasteiger partial charge is 0.386 e. The van der Waals surface area contributed by atoms with Gasteiger partial charge in [-0.25, -0.2) is 4.98 Å². The summed E-state index contributed by atoms with van der Waals surface area (Å²) >= 11 is 0. The number of rotatable bonds is 13. The fourth-order valence-electron chi connectivity index (χ4n) is 3.33. The van der Waals surface area contributed by atoms with Crippen LogP contribution in [0.15, 0.2) is 36.7 Å². The minimum Gasteiger partial charge on any atom is -0.386 e. The SMILES string of the molecule is CO[C@H](COP(=O)(O)CP(=O)(O)O)[C@@H](O)[C@@H](O)n1cnc2c(NCc3ccccc3)nc(N(C)C)nc21. The molecule has 0 saturated heterocycles.